The predicted molar refractivity (Wildman–Crippen MR) is 59.8 cm³/mol. The van der Waals surface area contributed by atoms with E-state index >= 15 is 0 Å². The summed E-state index contributed by atoms with van der Waals surface area (Å²) in [5, 5.41) is 6.11. The molecule has 1 unspecified atom stereocenters. The fourth-order valence-electron chi connectivity index (χ4n) is 1.87. The van der Waals surface area contributed by atoms with Crippen LogP contribution in [0.1, 0.15) is 23.2 Å². The molecule has 0 spiro atoms. The standard InChI is InChI=1S/C12H15FN2O/c13-10-4-1-3-9(7-10)12(16)15-11-5-2-6-14-8-11/h1,3-4,7,11,14H,2,5-6,8H2,(H,15,16). The van der Waals surface area contributed by atoms with Gasteiger partial charge in [-0.2, -0.15) is 0 Å². The molecular formula is C12H15FN2O. The second kappa shape index (κ2) is 5.07. The van der Waals surface area contributed by atoms with Gasteiger partial charge in [0.1, 0.15) is 5.82 Å². The Hall–Kier alpha value is -1.42. The normalized spacial score (nSPS) is 20.4. The molecule has 4 heteroatoms. The average Bonchev–Trinajstić information content (AvgIpc) is 2.30. The van der Waals surface area contributed by atoms with E-state index in [0.29, 0.717) is 5.56 Å². The van der Waals surface area contributed by atoms with Crippen LogP contribution in [0.4, 0.5) is 4.39 Å². The minimum absolute atomic E-state index is 0.157. The van der Waals surface area contributed by atoms with Gasteiger partial charge in [0.15, 0.2) is 0 Å². The molecule has 1 saturated heterocycles. The van der Waals surface area contributed by atoms with E-state index in [1.807, 2.05) is 0 Å². The van der Waals surface area contributed by atoms with Gasteiger partial charge in [-0.3, -0.25) is 4.79 Å². The highest BCUT2D eigenvalue weighted by molar-refractivity contribution is 5.94. The molecule has 0 aromatic heterocycles. The molecule has 1 atom stereocenters. The monoisotopic (exact) mass is 222 g/mol. The van der Waals surface area contributed by atoms with Crippen LogP contribution in [-0.4, -0.2) is 25.0 Å². The summed E-state index contributed by atoms with van der Waals surface area (Å²) in [6, 6.07) is 5.91. The number of benzene rings is 1. The summed E-state index contributed by atoms with van der Waals surface area (Å²) < 4.78 is 12.9. The van der Waals surface area contributed by atoms with E-state index in [4.69, 9.17) is 0 Å². The average molecular weight is 222 g/mol. The van der Waals surface area contributed by atoms with E-state index in [9.17, 15) is 9.18 Å². The number of carbonyl (C=O) groups excluding carboxylic acids is 1. The number of halogens is 1. The van der Waals surface area contributed by atoms with E-state index in [2.05, 4.69) is 10.6 Å². The van der Waals surface area contributed by atoms with E-state index in [-0.39, 0.29) is 17.8 Å². The Morgan fingerprint density at radius 3 is 3.06 bits per heavy atom. The smallest absolute Gasteiger partial charge is 0.251 e. The Morgan fingerprint density at radius 2 is 2.38 bits per heavy atom. The lowest BCUT2D eigenvalue weighted by atomic mass is 10.1. The third kappa shape index (κ3) is 2.79. The Labute approximate surface area is 94.0 Å². The highest BCUT2D eigenvalue weighted by atomic mass is 19.1. The molecule has 1 aromatic rings. The molecule has 16 heavy (non-hydrogen) atoms. The van der Waals surface area contributed by atoms with Crippen LogP contribution in [0.25, 0.3) is 0 Å². The number of amides is 1. The lowest BCUT2D eigenvalue weighted by Crippen LogP contribution is -2.45. The van der Waals surface area contributed by atoms with Gasteiger partial charge in [-0.15, -0.1) is 0 Å². The molecule has 0 bridgehead atoms. The minimum atomic E-state index is -0.380. The van der Waals surface area contributed by atoms with Gasteiger partial charge >= 0.3 is 0 Å². The molecule has 0 saturated carbocycles. The Morgan fingerprint density at radius 1 is 1.50 bits per heavy atom. The van der Waals surface area contributed by atoms with Crippen molar-refractivity contribution in [3.05, 3.63) is 35.6 Å². The van der Waals surface area contributed by atoms with Gasteiger partial charge in [0.25, 0.3) is 5.91 Å². The van der Waals surface area contributed by atoms with Gasteiger partial charge in [-0.05, 0) is 37.6 Å². The van der Waals surface area contributed by atoms with Gasteiger partial charge < -0.3 is 10.6 Å². The van der Waals surface area contributed by atoms with Crippen molar-refractivity contribution >= 4 is 5.91 Å². The first-order chi connectivity index (χ1) is 7.75. The van der Waals surface area contributed by atoms with Crippen LogP contribution in [0.15, 0.2) is 24.3 Å². The summed E-state index contributed by atoms with van der Waals surface area (Å²) in [7, 11) is 0. The van der Waals surface area contributed by atoms with Crippen LogP contribution in [-0.2, 0) is 0 Å². The highest BCUT2D eigenvalue weighted by Crippen LogP contribution is 2.06. The van der Waals surface area contributed by atoms with Crippen molar-refractivity contribution in [2.45, 2.75) is 18.9 Å². The molecule has 86 valence electrons. The van der Waals surface area contributed by atoms with Crippen molar-refractivity contribution in [1.82, 2.24) is 10.6 Å². The second-order valence-corrected chi connectivity index (χ2v) is 4.03. The molecule has 2 rings (SSSR count). The number of hydrogen-bond donors (Lipinski definition) is 2. The van der Waals surface area contributed by atoms with Gasteiger partial charge in [0, 0.05) is 18.2 Å². The maximum absolute atomic E-state index is 12.9. The summed E-state index contributed by atoms with van der Waals surface area (Å²) in [5.41, 5.74) is 0.380. The van der Waals surface area contributed by atoms with Crippen molar-refractivity contribution < 1.29 is 9.18 Å². The first kappa shape index (κ1) is 11.1. The molecule has 2 N–H and O–H groups in total. The van der Waals surface area contributed by atoms with E-state index in [1.165, 1.54) is 12.1 Å². The van der Waals surface area contributed by atoms with Gasteiger partial charge in [-0.25, -0.2) is 4.39 Å². The quantitative estimate of drug-likeness (QED) is 0.792. The molecule has 1 aliphatic heterocycles. The lowest BCUT2D eigenvalue weighted by Gasteiger charge is -2.23. The maximum atomic E-state index is 12.9. The highest BCUT2D eigenvalue weighted by Gasteiger charge is 2.16. The first-order valence-electron chi connectivity index (χ1n) is 5.53. The van der Waals surface area contributed by atoms with Gasteiger partial charge in [-0.1, -0.05) is 6.07 Å². The largest absolute Gasteiger partial charge is 0.348 e. The SMILES string of the molecule is O=C(NC1CCCNC1)c1cccc(F)c1. The Bertz CT molecular complexity index is 375. The molecule has 1 heterocycles. The van der Waals surface area contributed by atoms with Crippen molar-refractivity contribution in [3.8, 4) is 0 Å². The van der Waals surface area contributed by atoms with E-state index in [1.54, 1.807) is 12.1 Å². The summed E-state index contributed by atoms with van der Waals surface area (Å²) >= 11 is 0. The van der Waals surface area contributed by atoms with Crippen molar-refractivity contribution in [2.75, 3.05) is 13.1 Å². The molecule has 1 amide bonds. The molecule has 0 aliphatic carbocycles. The topological polar surface area (TPSA) is 41.1 Å². The molecular weight excluding hydrogens is 207 g/mol. The second-order valence-electron chi connectivity index (χ2n) is 4.03. The Balaban J connectivity index is 1.97. The third-order valence-electron chi connectivity index (χ3n) is 2.72. The summed E-state index contributed by atoms with van der Waals surface area (Å²) in [6.07, 6.45) is 2.04. The molecule has 0 radical (unpaired) electrons. The minimum Gasteiger partial charge on any atom is -0.348 e. The maximum Gasteiger partial charge on any atom is 0.251 e. The fourth-order valence-corrected chi connectivity index (χ4v) is 1.87. The van der Waals surface area contributed by atoms with Gasteiger partial charge in [0.2, 0.25) is 0 Å². The van der Waals surface area contributed by atoms with Crippen LogP contribution >= 0.6 is 0 Å². The van der Waals surface area contributed by atoms with Crippen molar-refractivity contribution in [3.63, 3.8) is 0 Å². The number of rotatable bonds is 2. The van der Waals surface area contributed by atoms with Crippen LogP contribution in [0.3, 0.4) is 0 Å². The number of piperidine rings is 1. The first-order valence-corrected chi connectivity index (χ1v) is 5.53. The van der Waals surface area contributed by atoms with Crippen LogP contribution in [0.2, 0.25) is 0 Å². The fraction of sp³-hybridized carbons (Fsp3) is 0.417. The van der Waals surface area contributed by atoms with Crippen molar-refractivity contribution in [2.24, 2.45) is 0 Å². The molecule has 1 fully saturated rings. The van der Waals surface area contributed by atoms with Gasteiger partial charge in [0.05, 0.1) is 0 Å². The summed E-state index contributed by atoms with van der Waals surface area (Å²) in [6.45, 7) is 1.80. The third-order valence-corrected chi connectivity index (χ3v) is 2.72. The van der Waals surface area contributed by atoms with Crippen LogP contribution in [0.5, 0.6) is 0 Å². The van der Waals surface area contributed by atoms with E-state index < -0.39 is 0 Å². The number of carbonyl (C=O) groups is 1. The molecule has 3 nitrogen and oxygen atoms in total. The number of nitrogens with one attached hydrogen (secondary N) is 2. The van der Waals surface area contributed by atoms with Crippen LogP contribution < -0.4 is 10.6 Å². The predicted octanol–water partition coefficient (Wildman–Crippen LogP) is 1.31. The zero-order valence-corrected chi connectivity index (χ0v) is 9.00. The van der Waals surface area contributed by atoms with Crippen molar-refractivity contribution in [1.29, 1.82) is 0 Å². The number of hydrogen-bond acceptors (Lipinski definition) is 2. The lowest BCUT2D eigenvalue weighted by molar-refractivity contribution is 0.0930. The zero-order valence-electron chi connectivity index (χ0n) is 9.00. The summed E-state index contributed by atoms with van der Waals surface area (Å²) in [5.74, 6) is -0.581. The van der Waals surface area contributed by atoms with Crippen LogP contribution in [0, 0.1) is 5.82 Å². The molecule has 1 aliphatic rings. The zero-order chi connectivity index (χ0) is 11.4. The van der Waals surface area contributed by atoms with E-state index in [0.717, 1.165) is 25.9 Å². The molecule has 1 aromatic carbocycles. The summed E-state index contributed by atoms with van der Waals surface area (Å²) in [4.78, 5) is 11.8. The Kier molecular flexibility index (Phi) is 3.51.